The predicted molar refractivity (Wildman–Crippen MR) is 133 cm³/mol. The Bertz CT molecular complexity index is 1220. The summed E-state index contributed by atoms with van der Waals surface area (Å²) in [5.41, 5.74) is 11.8. The molecule has 3 aromatic rings. The molecule has 0 spiro atoms. The Morgan fingerprint density at radius 3 is 2.62 bits per heavy atom. The lowest BCUT2D eigenvalue weighted by Gasteiger charge is -2.34. The SMILES string of the molecule is CCCc1ccccc1C[C@@H]1C[C@H](ON(C)C(=N)N)c2cc(-c3cccc(C#N)c3)ccc2O1. The summed E-state index contributed by atoms with van der Waals surface area (Å²) in [4.78, 5) is 6.11. The van der Waals surface area contributed by atoms with Crippen molar-refractivity contribution in [3.8, 4) is 22.9 Å². The second-order valence-electron chi connectivity index (χ2n) is 8.62. The lowest BCUT2D eigenvalue weighted by atomic mass is 9.91. The van der Waals surface area contributed by atoms with Crippen LogP contribution in [0.5, 0.6) is 5.75 Å². The molecule has 0 aromatic heterocycles. The Hall–Kier alpha value is -3.82. The summed E-state index contributed by atoms with van der Waals surface area (Å²) < 4.78 is 6.44. The van der Waals surface area contributed by atoms with Crippen LogP contribution in [-0.4, -0.2) is 24.2 Å². The van der Waals surface area contributed by atoms with Gasteiger partial charge in [-0.05, 0) is 52.9 Å². The first-order valence-electron chi connectivity index (χ1n) is 11.6. The van der Waals surface area contributed by atoms with Crippen LogP contribution in [-0.2, 0) is 17.7 Å². The van der Waals surface area contributed by atoms with E-state index in [4.69, 9.17) is 20.7 Å². The van der Waals surface area contributed by atoms with Crippen molar-refractivity contribution >= 4 is 5.96 Å². The fraction of sp³-hybridized carbons (Fsp3) is 0.286. The fourth-order valence-corrected chi connectivity index (χ4v) is 4.44. The molecule has 1 aliphatic rings. The summed E-state index contributed by atoms with van der Waals surface area (Å²) in [5.74, 6) is 0.613. The molecule has 6 heteroatoms. The number of fused-ring (bicyclic) bond motifs is 1. The van der Waals surface area contributed by atoms with E-state index in [9.17, 15) is 5.26 Å². The lowest BCUT2D eigenvalue weighted by molar-refractivity contribution is -0.150. The number of nitrogens with zero attached hydrogens (tertiary/aromatic N) is 2. The average Bonchev–Trinajstić information content (AvgIpc) is 2.85. The van der Waals surface area contributed by atoms with Crippen molar-refractivity contribution < 1.29 is 9.57 Å². The third-order valence-corrected chi connectivity index (χ3v) is 6.16. The molecule has 1 aliphatic heterocycles. The minimum atomic E-state index is -0.319. The van der Waals surface area contributed by atoms with Gasteiger partial charge in [0.15, 0.2) is 0 Å². The Kier molecular flexibility index (Phi) is 7.15. The third-order valence-electron chi connectivity index (χ3n) is 6.16. The molecule has 4 rings (SSSR count). The second-order valence-corrected chi connectivity index (χ2v) is 8.62. The maximum absolute atomic E-state index is 9.27. The van der Waals surface area contributed by atoms with E-state index in [0.29, 0.717) is 12.0 Å². The number of nitrogens with two attached hydrogens (primary N) is 1. The van der Waals surface area contributed by atoms with Crippen molar-refractivity contribution in [2.24, 2.45) is 5.73 Å². The van der Waals surface area contributed by atoms with E-state index in [1.54, 1.807) is 13.1 Å². The highest BCUT2D eigenvalue weighted by Crippen LogP contribution is 2.41. The van der Waals surface area contributed by atoms with E-state index in [0.717, 1.165) is 41.7 Å². The highest BCUT2D eigenvalue weighted by molar-refractivity contribution is 5.73. The van der Waals surface area contributed by atoms with Crippen molar-refractivity contribution in [2.75, 3.05) is 7.05 Å². The van der Waals surface area contributed by atoms with Gasteiger partial charge >= 0.3 is 0 Å². The number of hydroxylamine groups is 2. The zero-order valence-electron chi connectivity index (χ0n) is 19.6. The van der Waals surface area contributed by atoms with Crippen LogP contribution in [0.2, 0.25) is 0 Å². The van der Waals surface area contributed by atoms with E-state index in [1.165, 1.54) is 16.2 Å². The summed E-state index contributed by atoms with van der Waals surface area (Å²) >= 11 is 0. The number of hydrogen-bond donors (Lipinski definition) is 2. The molecule has 2 atom stereocenters. The summed E-state index contributed by atoms with van der Waals surface area (Å²) in [6, 6.07) is 24.3. The Morgan fingerprint density at radius 2 is 1.88 bits per heavy atom. The monoisotopic (exact) mass is 454 g/mol. The van der Waals surface area contributed by atoms with Gasteiger partial charge in [-0.1, -0.05) is 55.8 Å². The smallest absolute Gasteiger partial charge is 0.212 e. The molecule has 6 nitrogen and oxygen atoms in total. The Labute approximate surface area is 201 Å². The zero-order valence-corrected chi connectivity index (χ0v) is 19.6. The van der Waals surface area contributed by atoms with Gasteiger partial charge in [-0.2, -0.15) is 5.26 Å². The van der Waals surface area contributed by atoms with Crippen molar-refractivity contribution in [2.45, 2.75) is 44.8 Å². The predicted octanol–water partition coefficient (Wildman–Crippen LogP) is 5.37. The first-order valence-corrected chi connectivity index (χ1v) is 11.6. The van der Waals surface area contributed by atoms with Gasteiger partial charge in [0.25, 0.3) is 0 Å². The van der Waals surface area contributed by atoms with Crippen molar-refractivity contribution in [1.29, 1.82) is 10.7 Å². The Balaban J connectivity index is 1.66. The van der Waals surface area contributed by atoms with Crippen molar-refractivity contribution in [1.82, 2.24) is 5.06 Å². The van der Waals surface area contributed by atoms with Gasteiger partial charge in [0.05, 0.1) is 11.6 Å². The van der Waals surface area contributed by atoms with Gasteiger partial charge in [-0.3, -0.25) is 10.2 Å². The molecule has 0 radical (unpaired) electrons. The first-order chi connectivity index (χ1) is 16.5. The molecule has 174 valence electrons. The number of aryl methyl sites for hydroxylation is 1. The molecule has 0 fully saturated rings. The molecule has 0 bridgehead atoms. The summed E-state index contributed by atoms with van der Waals surface area (Å²) in [6.07, 6.45) is 3.16. The van der Waals surface area contributed by atoms with Crippen LogP contribution >= 0.6 is 0 Å². The average molecular weight is 455 g/mol. The first kappa shape index (κ1) is 23.3. The molecule has 1 heterocycles. The molecular formula is C28H30N4O2. The second kappa shape index (κ2) is 10.4. The van der Waals surface area contributed by atoms with E-state index in [2.05, 4.69) is 37.3 Å². The van der Waals surface area contributed by atoms with Gasteiger partial charge in [-0.25, -0.2) is 5.06 Å². The minimum Gasteiger partial charge on any atom is -0.490 e. The molecule has 0 amide bonds. The van der Waals surface area contributed by atoms with E-state index < -0.39 is 0 Å². The highest BCUT2D eigenvalue weighted by Gasteiger charge is 2.31. The van der Waals surface area contributed by atoms with Crippen LogP contribution in [0.15, 0.2) is 66.7 Å². The zero-order chi connectivity index (χ0) is 24.1. The number of ether oxygens (including phenoxy) is 1. The lowest BCUT2D eigenvalue weighted by Crippen LogP contribution is -2.37. The molecular weight excluding hydrogens is 424 g/mol. The van der Waals surface area contributed by atoms with E-state index >= 15 is 0 Å². The standard InChI is InChI=1S/C28H30N4O2/c1-3-7-20-9-4-5-10-22(20)15-24-17-27(34-32(2)28(30)31)25-16-23(12-13-26(25)33-24)21-11-6-8-19(14-21)18-29/h4-6,8-14,16,24,27H,3,7,15,17H2,1-2H3,(H3,30,31)/t24-,27+/m1/s1. The van der Waals surface area contributed by atoms with Crippen molar-refractivity contribution in [3.05, 3.63) is 89.0 Å². The largest absolute Gasteiger partial charge is 0.490 e. The number of benzene rings is 3. The topological polar surface area (TPSA) is 95.4 Å². The summed E-state index contributed by atoms with van der Waals surface area (Å²) in [7, 11) is 1.64. The van der Waals surface area contributed by atoms with Crippen LogP contribution < -0.4 is 10.5 Å². The number of nitriles is 1. The molecule has 0 saturated carbocycles. The molecule has 34 heavy (non-hydrogen) atoms. The number of rotatable bonds is 7. The maximum atomic E-state index is 9.27. The summed E-state index contributed by atoms with van der Waals surface area (Å²) in [6.45, 7) is 2.19. The quantitative estimate of drug-likeness (QED) is 0.284. The van der Waals surface area contributed by atoms with E-state index in [1.807, 2.05) is 36.4 Å². The third kappa shape index (κ3) is 5.22. The van der Waals surface area contributed by atoms with Crippen LogP contribution in [0, 0.1) is 16.7 Å². The fourth-order valence-electron chi connectivity index (χ4n) is 4.44. The maximum Gasteiger partial charge on any atom is 0.212 e. The van der Waals surface area contributed by atoms with E-state index in [-0.39, 0.29) is 18.2 Å². The van der Waals surface area contributed by atoms with Gasteiger partial charge in [-0.15, -0.1) is 0 Å². The molecule has 0 unspecified atom stereocenters. The summed E-state index contributed by atoms with van der Waals surface area (Å²) in [5, 5.41) is 18.3. The number of guanidine groups is 1. The van der Waals surface area contributed by atoms with Crippen LogP contribution in [0.25, 0.3) is 11.1 Å². The van der Waals surface area contributed by atoms with Crippen LogP contribution in [0.3, 0.4) is 0 Å². The Morgan fingerprint density at radius 1 is 1.12 bits per heavy atom. The normalized spacial score (nSPS) is 16.7. The molecule has 3 N–H and O–H groups in total. The van der Waals surface area contributed by atoms with Gasteiger partial charge in [0.2, 0.25) is 5.96 Å². The molecule has 3 aromatic carbocycles. The number of hydrogen-bond acceptors (Lipinski definition) is 4. The highest BCUT2D eigenvalue weighted by atomic mass is 16.7. The number of nitrogens with one attached hydrogen (secondary N) is 1. The van der Waals surface area contributed by atoms with Crippen LogP contribution in [0.4, 0.5) is 0 Å². The molecule has 0 saturated heterocycles. The van der Waals surface area contributed by atoms with Crippen molar-refractivity contribution in [3.63, 3.8) is 0 Å². The minimum absolute atomic E-state index is 0.0661. The molecule has 0 aliphatic carbocycles. The van der Waals surface area contributed by atoms with Gasteiger partial charge in [0, 0.05) is 25.5 Å². The van der Waals surface area contributed by atoms with Gasteiger partial charge in [0.1, 0.15) is 18.0 Å². The van der Waals surface area contributed by atoms with Crippen LogP contribution in [0.1, 0.15) is 48.1 Å². The van der Waals surface area contributed by atoms with Gasteiger partial charge < -0.3 is 10.5 Å².